The fraction of sp³-hybridized carbons (Fsp3) is 0.417. The van der Waals surface area contributed by atoms with Gasteiger partial charge >= 0.3 is 0 Å². The van der Waals surface area contributed by atoms with Crippen LogP contribution < -0.4 is 0 Å². The summed E-state index contributed by atoms with van der Waals surface area (Å²) in [5, 5.41) is 0. The van der Waals surface area contributed by atoms with Gasteiger partial charge in [0.05, 0.1) is 0 Å². The van der Waals surface area contributed by atoms with Crippen LogP contribution in [0, 0.1) is 23.7 Å². The van der Waals surface area contributed by atoms with Crippen LogP contribution in [0.3, 0.4) is 0 Å². The molecule has 5 rings (SSSR count). The Morgan fingerprint density at radius 3 is 2.92 bits per heavy atom. The van der Waals surface area contributed by atoms with E-state index in [9.17, 15) is 4.79 Å². The van der Waals surface area contributed by atoms with Gasteiger partial charge in [-0.25, -0.2) is 0 Å². The highest BCUT2D eigenvalue weighted by Crippen LogP contribution is 2.80. The molecule has 4 saturated carbocycles. The highest BCUT2D eigenvalue weighted by Gasteiger charge is 2.79. The third-order valence-corrected chi connectivity index (χ3v) is 3.93. The van der Waals surface area contributed by atoms with Crippen molar-refractivity contribution >= 4 is 5.78 Å². The molecule has 4 fully saturated rings. The first-order valence-corrected chi connectivity index (χ1v) is 5.01. The average molecular weight is 170 g/mol. The molecule has 0 heterocycles. The van der Waals surface area contributed by atoms with Crippen LogP contribution >= 0.6 is 0 Å². The molecule has 5 aliphatic rings. The molecule has 0 radical (unpaired) electrons. The van der Waals surface area contributed by atoms with Gasteiger partial charge in [0.1, 0.15) is 0 Å². The largest absolute Gasteiger partial charge is 0.294 e. The summed E-state index contributed by atoms with van der Waals surface area (Å²) < 4.78 is 0. The van der Waals surface area contributed by atoms with Crippen LogP contribution in [0.5, 0.6) is 0 Å². The maximum Gasteiger partial charge on any atom is 0.166 e. The second-order valence-corrected chi connectivity index (χ2v) is 4.47. The van der Waals surface area contributed by atoms with Crippen molar-refractivity contribution in [2.24, 2.45) is 23.7 Å². The normalized spacial score (nSPS) is 48.5. The fourth-order valence-electron chi connectivity index (χ4n) is 3.15. The summed E-state index contributed by atoms with van der Waals surface area (Å²) in [7, 11) is 0. The fourth-order valence-corrected chi connectivity index (χ4v) is 3.15. The van der Waals surface area contributed by atoms with Gasteiger partial charge in [-0.15, -0.1) is 0 Å². The van der Waals surface area contributed by atoms with E-state index in [0.717, 1.165) is 29.7 Å². The van der Waals surface area contributed by atoms with E-state index in [1.165, 1.54) is 5.57 Å². The first-order chi connectivity index (χ1) is 6.39. The lowest BCUT2D eigenvalue weighted by Crippen LogP contribution is -2.25. The zero-order valence-electron chi connectivity index (χ0n) is 7.23. The predicted molar refractivity (Wildman–Crippen MR) is 48.9 cm³/mol. The SMILES string of the molecule is O=C1C2=CC=CCC=C2C2C3C1C23. The molecule has 0 amide bonds. The molecule has 2 atom stereocenters. The Morgan fingerprint density at radius 1 is 1.23 bits per heavy atom. The summed E-state index contributed by atoms with van der Waals surface area (Å²) in [5.74, 6) is 3.20. The van der Waals surface area contributed by atoms with E-state index in [0.29, 0.717) is 11.7 Å². The van der Waals surface area contributed by atoms with Gasteiger partial charge in [-0.2, -0.15) is 0 Å². The molecule has 0 saturated heterocycles. The summed E-state index contributed by atoms with van der Waals surface area (Å²) in [6.45, 7) is 0. The number of hydrogen-bond donors (Lipinski definition) is 0. The van der Waals surface area contributed by atoms with E-state index in [-0.39, 0.29) is 0 Å². The lowest BCUT2D eigenvalue weighted by atomic mass is 9.78. The highest BCUT2D eigenvalue weighted by atomic mass is 16.1. The Morgan fingerprint density at radius 2 is 2.08 bits per heavy atom. The lowest BCUT2D eigenvalue weighted by molar-refractivity contribution is -0.118. The van der Waals surface area contributed by atoms with Crippen molar-refractivity contribution in [2.75, 3.05) is 0 Å². The Bertz CT molecular complexity index is 401. The molecule has 2 unspecified atom stereocenters. The highest BCUT2D eigenvalue weighted by molar-refractivity contribution is 6.08. The lowest BCUT2D eigenvalue weighted by Gasteiger charge is -2.23. The monoisotopic (exact) mass is 170 g/mol. The second kappa shape index (κ2) is 1.72. The smallest absolute Gasteiger partial charge is 0.166 e. The zero-order valence-corrected chi connectivity index (χ0v) is 7.23. The van der Waals surface area contributed by atoms with E-state index < -0.39 is 0 Å². The van der Waals surface area contributed by atoms with Crippen molar-refractivity contribution in [3.05, 3.63) is 35.5 Å². The van der Waals surface area contributed by atoms with Crippen molar-refractivity contribution in [3.8, 4) is 0 Å². The Kier molecular flexibility index (Phi) is 0.841. The molecule has 1 nitrogen and oxygen atoms in total. The molecule has 5 aliphatic carbocycles. The number of Topliss-reactive ketones (excluding diaryl/α,β-unsaturated/α-hetero) is 1. The summed E-state index contributed by atoms with van der Waals surface area (Å²) in [6.07, 6.45) is 9.41. The molecule has 0 N–H and O–H groups in total. The Labute approximate surface area is 76.8 Å². The van der Waals surface area contributed by atoms with E-state index in [2.05, 4.69) is 12.2 Å². The first-order valence-electron chi connectivity index (χ1n) is 5.01. The summed E-state index contributed by atoms with van der Waals surface area (Å²) in [5.41, 5.74) is 2.39. The standard InChI is InChI=1S/C12H10O/c13-12-7-5-3-1-2-4-6(7)8-9-10(8)11(9)12/h1,3-5,8-11H,2H2. The molecule has 0 aromatic rings. The van der Waals surface area contributed by atoms with Gasteiger partial charge in [-0.1, -0.05) is 24.3 Å². The maximum absolute atomic E-state index is 11.8. The first kappa shape index (κ1) is 6.36. The third kappa shape index (κ3) is 0.569. The van der Waals surface area contributed by atoms with Crippen LogP contribution in [-0.4, -0.2) is 5.78 Å². The number of hydrogen-bond acceptors (Lipinski definition) is 1. The van der Waals surface area contributed by atoms with Crippen LogP contribution in [0.25, 0.3) is 0 Å². The molecule has 2 bridgehead atoms. The van der Waals surface area contributed by atoms with Gasteiger partial charge in [0.25, 0.3) is 0 Å². The summed E-state index contributed by atoms with van der Waals surface area (Å²) in [4.78, 5) is 11.8. The topological polar surface area (TPSA) is 17.1 Å². The van der Waals surface area contributed by atoms with Gasteiger partial charge in [-0.3, -0.25) is 4.79 Å². The minimum atomic E-state index is 0.426. The zero-order chi connectivity index (χ0) is 8.58. The molecule has 64 valence electrons. The van der Waals surface area contributed by atoms with Crippen molar-refractivity contribution in [2.45, 2.75) is 6.42 Å². The number of carbonyl (C=O) groups is 1. The van der Waals surface area contributed by atoms with Gasteiger partial charge in [0.2, 0.25) is 0 Å². The van der Waals surface area contributed by atoms with E-state index >= 15 is 0 Å². The van der Waals surface area contributed by atoms with Crippen LogP contribution in [0.2, 0.25) is 0 Å². The van der Waals surface area contributed by atoms with E-state index in [1.807, 2.05) is 12.2 Å². The van der Waals surface area contributed by atoms with Gasteiger partial charge < -0.3 is 0 Å². The molecular formula is C12H10O. The molecule has 0 aliphatic heterocycles. The number of allylic oxidation sites excluding steroid dienone is 6. The maximum atomic E-state index is 11.8. The van der Waals surface area contributed by atoms with Gasteiger partial charge in [0, 0.05) is 11.5 Å². The van der Waals surface area contributed by atoms with Crippen LogP contribution in [-0.2, 0) is 4.79 Å². The summed E-state index contributed by atoms with van der Waals surface area (Å²) >= 11 is 0. The molecule has 0 aromatic carbocycles. The average Bonchev–Trinajstić information content (AvgIpc) is 2.97. The molecule has 1 heteroatoms. The molecule has 0 spiro atoms. The predicted octanol–water partition coefficient (Wildman–Crippen LogP) is 1.87. The summed E-state index contributed by atoms with van der Waals surface area (Å²) in [6, 6.07) is 0. The van der Waals surface area contributed by atoms with Crippen molar-refractivity contribution in [3.63, 3.8) is 0 Å². The molecule has 13 heavy (non-hydrogen) atoms. The van der Waals surface area contributed by atoms with Crippen LogP contribution in [0.1, 0.15) is 6.42 Å². The minimum absolute atomic E-state index is 0.426. The van der Waals surface area contributed by atoms with Crippen LogP contribution in [0.4, 0.5) is 0 Å². The Hall–Kier alpha value is -1.11. The van der Waals surface area contributed by atoms with E-state index in [4.69, 9.17) is 0 Å². The van der Waals surface area contributed by atoms with E-state index in [1.54, 1.807) is 0 Å². The Balaban J connectivity index is 1.90. The van der Waals surface area contributed by atoms with Crippen LogP contribution in [0.15, 0.2) is 35.5 Å². The molecular weight excluding hydrogens is 160 g/mol. The van der Waals surface area contributed by atoms with Crippen molar-refractivity contribution < 1.29 is 4.79 Å². The number of carbonyl (C=O) groups excluding carboxylic acids is 1. The molecule has 0 aromatic heterocycles. The van der Waals surface area contributed by atoms with Gasteiger partial charge in [0.15, 0.2) is 5.78 Å². The number of rotatable bonds is 0. The van der Waals surface area contributed by atoms with Crippen molar-refractivity contribution in [1.29, 1.82) is 0 Å². The quantitative estimate of drug-likeness (QED) is 0.542. The van der Waals surface area contributed by atoms with Crippen molar-refractivity contribution in [1.82, 2.24) is 0 Å². The third-order valence-electron chi connectivity index (χ3n) is 3.93. The second-order valence-electron chi connectivity index (χ2n) is 4.47. The van der Waals surface area contributed by atoms with Gasteiger partial charge in [-0.05, 0) is 29.7 Å². The number of ketones is 1. The minimum Gasteiger partial charge on any atom is -0.294 e.